The molecular formula is C17H16N4O4. The van der Waals surface area contributed by atoms with Gasteiger partial charge < -0.3 is 9.64 Å². The van der Waals surface area contributed by atoms with Crippen molar-refractivity contribution in [2.45, 2.75) is 0 Å². The van der Waals surface area contributed by atoms with Crippen molar-refractivity contribution in [1.82, 2.24) is 19.6 Å². The van der Waals surface area contributed by atoms with Crippen LogP contribution < -0.4 is 0 Å². The van der Waals surface area contributed by atoms with Gasteiger partial charge in [0.05, 0.1) is 5.69 Å². The van der Waals surface area contributed by atoms with Gasteiger partial charge in [0.2, 0.25) is 0 Å². The topological polar surface area (TPSA) is 84.7 Å². The van der Waals surface area contributed by atoms with Gasteiger partial charge in [0.15, 0.2) is 6.61 Å². The quantitative estimate of drug-likeness (QED) is 0.826. The highest BCUT2D eigenvalue weighted by Crippen LogP contribution is 2.22. The lowest BCUT2D eigenvalue weighted by atomic mass is 9.98. The van der Waals surface area contributed by atoms with Crippen molar-refractivity contribution in [3.05, 3.63) is 48.3 Å². The summed E-state index contributed by atoms with van der Waals surface area (Å²) in [6.45, 7) is 1.15. The van der Waals surface area contributed by atoms with Crippen LogP contribution >= 0.6 is 0 Å². The van der Waals surface area contributed by atoms with E-state index in [9.17, 15) is 14.4 Å². The fourth-order valence-corrected chi connectivity index (χ4v) is 3.05. The smallest absolute Gasteiger partial charge is 0.417 e. The normalized spacial score (nSPS) is 17.6. The number of ether oxygens (including phenoxy) is 1. The Morgan fingerprint density at radius 3 is 2.76 bits per heavy atom. The van der Waals surface area contributed by atoms with Gasteiger partial charge in [-0.15, -0.1) is 0 Å². The van der Waals surface area contributed by atoms with Gasteiger partial charge in [-0.1, -0.05) is 6.07 Å². The third-order valence-corrected chi connectivity index (χ3v) is 4.39. The van der Waals surface area contributed by atoms with Gasteiger partial charge in [-0.2, -0.15) is 5.10 Å². The van der Waals surface area contributed by atoms with E-state index < -0.39 is 6.09 Å². The highest BCUT2D eigenvalue weighted by atomic mass is 16.6. The molecule has 0 atom stereocenters. The van der Waals surface area contributed by atoms with Gasteiger partial charge in [-0.3, -0.25) is 9.59 Å². The van der Waals surface area contributed by atoms with Crippen molar-refractivity contribution in [3.63, 3.8) is 0 Å². The first-order valence-electron chi connectivity index (χ1n) is 7.98. The minimum absolute atomic E-state index is 0.0689. The predicted octanol–water partition coefficient (Wildman–Crippen LogP) is 0.923. The maximum absolute atomic E-state index is 12.6. The SMILES string of the molecule is O=C(c1cccc(-n2cccn2)c1)N1CC(CN2C(=O)COC2=O)C1. The van der Waals surface area contributed by atoms with E-state index in [-0.39, 0.29) is 24.3 Å². The molecule has 4 rings (SSSR count). The van der Waals surface area contributed by atoms with Crippen LogP contribution in [0.15, 0.2) is 42.7 Å². The highest BCUT2D eigenvalue weighted by molar-refractivity contribution is 5.98. The molecule has 2 aliphatic rings. The number of cyclic esters (lactones) is 1. The molecule has 0 saturated carbocycles. The molecule has 0 radical (unpaired) electrons. The fraction of sp³-hybridized carbons (Fsp3) is 0.294. The van der Waals surface area contributed by atoms with Crippen LogP contribution in [0.3, 0.4) is 0 Å². The fourth-order valence-electron chi connectivity index (χ4n) is 3.05. The molecule has 128 valence electrons. The lowest BCUT2D eigenvalue weighted by molar-refractivity contribution is -0.126. The van der Waals surface area contributed by atoms with Crippen molar-refractivity contribution >= 4 is 17.9 Å². The Balaban J connectivity index is 1.38. The second-order valence-corrected chi connectivity index (χ2v) is 6.14. The third-order valence-electron chi connectivity index (χ3n) is 4.39. The summed E-state index contributed by atoms with van der Waals surface area (Å²) in [7, 11) is 0. The largest absolute Gasteiger partial charge is 0.439 e. The summed E-state index contributed by atoms with van der Waals surface area (Å²) in [5.41, 5.74) is 1.40. The Bertz CT molecular complexity index is 811. The summed E-state index contributed by atoms with van der Waals surface area (Å²) in [6, 6.07) is 9.08. The maximum Gasteiger partial charge on any atom is 0.417 e. The van der Waals surface area contributed by atoms with Crippen molar-refractivity contribution in [2.75, 3.05) is 26.2 Å². The molecule has 2 aliphatic heterocycles. The van der Waals surface area contributed by atoms with Crippen LogP contribution in [0.2, 0.25) is 0 Å². The number of rotatable bonds is 4. The van der Waals surface area contributed by atoms with Gasteiger partial charge in [0, 0.05) is 43.5 Å². The molecule has 8 nitrogen and oxygen atoms in total. The Labute approximate surface area is 143 Å². The van der Waals surface area contributed by atoms with Crippen LogP contribution in [0.25, 0.3) is 5.69 Å². The van der Waals surface area contributed by atoms with Crippen molar-refractivity contribution < 1.29 is 19.1 Å². The second-order valence-electron chi connectivity index (χ2n) is 6.14. The van der Waals surface area contributed by atoms with Crippen LogP contribution in [-0.2, 0) is 9.53 Å². The first-order valence-corrected chi connectivity index (χ1v) is 7.98. The number of hydrogen-bond donors (Lipinski definition) is 0. The van der Waals surface area contributed by atoms with Crippen molar-refractivity contribution in [1.29, 1.82) is 0 Å². The Hall–Kier alpha value is -3.16. The number of nitrogens with zero attached hydrogens (tertiary/aromatic N) is 4. The van der Waals surface area contributed by atoms with Gasteiger partial charge >= 0.3 is 6.09 Å². The number of carbonyl (C=O) groups is 3. The van der Waals surface area contributed by atoms with Crippen LogP contribution in [0.5, 0.6) is 0 Å². The zero-order chi connectivity index (χ0) is 17.4. The van der Waals surface area contributed by atoms with Crippen LogP contribution in [0.1, 0.15) is 10.4 Å². The standard InChI is InChI=1S/C17H16N4O4/c22-15-11-25-17(24)20(15)10-12-8-19(9-12)16(23)13-3-1-4-14(7-13)21-6-2-5-18-21/h1-7,12H,8-11H2. The molecule has 1 aromatic carbocycles. The summed E-state index contributed by atoms with van der Waals surface area (Å²) in [6.07, 6.45) is 2.90. The number of imide groups is 1. The summed E-state index contributed by atoms with van der Waals surface area (Å²) >= 11 is 0. The number of likely N-dealkylation sites (tertiary alicyclic amines) is 1. The van der Waals surface area contributed by atoms with Gasteiger partial charge in [0.1, 0.15) is 0 Å². The molecule has 2 aromatic rings. The molecule has 2 fully saturated rings. The van der Waals surface area contributed by atoms with Gasteiger partial charge in [0.25, 0.3) is 11.8 Å². The van der Waals surface area contributed by atoms with E-state index in [4.69, 9.17) is 0 Å². The van der Waals surface area contributed by atoms with E-state index in [0.717, 1.165) is 10.6 Å². The van der Waals surface area contributed by atoms with Gasteiger partial charge in [-0.05, 0) is 24.3 Å². The molecule has 2 saturated heterocycles. The number of hydrogen-bond acceptors (Lipinski definition) is 5. The summed E-state index contributed by atoms with van der Waals surface area (Å²) in [5, 5.41) is 4.16. The van der Waals surface area contributed by atoms with E-state index >= 15 is 0 Å². The average Bonchev–Trinajstić information content (AvgIpc) is 3.22. The van der Waals surface area contributed by atoms with Crippen molar-refractivity contribution in [2.24, 2.45) is 5.92 Å². The predicted molar refractivity (Wildman–Crippen MR) is 86.0 cm³/mol. The molecular weight excluding hydrogens is 324 g/mol. The zero-order valence-electron chi connectivity index (χ0n) is 13.4. The number of aromatic nitrogens is 2. The van der Waals surface area contributed by atoms with Crippen LogP contribution in [0, 0.1) is 5.92 Å². The van der Waals surface area contributed by atoms with Crippen LogP contribution in [0.4, 0.5) is 4.79 Å². The Kier molecular flexibility index (Phi) is 3.72. The molecule has 3 heterocycles. The highest BCUT2D eigenvalue weighted by Gasteiger charge is 2.38. The average molecular weight is 340 g/mol. The molecule has 0 unspecified atom stereocenters. The molecule has 0 spiro atoms. The number of carbonyl (C=O) groups excluding carboxylic acids is 3. The number of benzene rings is 1. The minimum atomic E-state index is -0.596. The molecule has 0 bridgehead atoms. The lowest BCUT2D eigenvalue weighted by Crippen LogP contribution is -2.54. The Morgan fingerprint density at radius 2 is 2.08 bits per heavy atom. The molecule has 0 aliphatic carbocycles. The lowest BCUT2D eigenvalue weighted by Gasteiger charge is -2.40. The summed E-state index contributed by atoms with van der Waals surface area (Å²) in [5.74, 6) is -0.296. The van der Waals surface area contributed by atoms with Crippen LogP contribution in [-0.4, -0.2) is 63.7 Å². The molecule has 0 N–H and O–H groups in total. The molecule has 3 amide bonds. The van der Waals surface area contributed by atoms with E-state index in [1.54, 1.807) is 27.9 Å². The Morgan fingerprint density at radius 1 is 1.24 bits per heavy atom. The van der Waals surface area contributed by atoms with Gasteiger partial charge in [-0.25, -0.2) is 14.4 Å². The first kappa shape index (κ1) is 15.4. The van der Waals surface area contributed by atoms with E-state index in [1.165, 1.54) is 0 Å². The first-order chi connectivity index (χ1) is 12.1. The second kappa shape index (κ2) is 6.04. The third kappa shape index (κ3) is 2.86. The van der Waals surface area contributed by atoms with Crippen molar-refractivity contribution in [3.8, 4) is 5.69 Å². The van der Waals surface area contributed by atoms with E-state index in [2.05, 4.69) is 9.84 Å². The molecule has 25 heavy (non-hydrogen) atoms. The van der Waals surface area contributed by atoms with E-state index in [0.29, 0.717) is 25.2 Å². The summed E-state index contributed by atoms with van der Waals surface area (Å²) < 4.78 is 6.38. The monoisotopic (exact) mass is 340 g/mol. The number of amides is 3. The zero-order valence-corrected chi connectivity index (χ0v) is 13.4. The minimum Gasteiger partial charge on any atom is -0.439 e. The molecule has 1 aromatic heterocycles. The van der Waals surface area contributed by atoms with E-state index in [1.807, 2.05) is 24.4 Å². The maximum atomic E-state index is 12.6. The summed E-state index contributed by atoms with van der Waals surface area (Å²) in [4.78, 5) is 38.4. The molecule has 8 heteroatoms.